The van der Waals surface area contributed by atoms with Crippen LogP contribution in [0.5, 0.6) is 0 Å². The van der Waals surface area contributed by atoms with Crippen molar-refractivity contribution in [2.45, 2.75) is 0 Å². The molecule has 0 atom stereocenters. The smallest absolute Gasteiger partial charge is 0.0558 e. The molecule has 2 nitrogen and oxygen atoms in total. The minimum atomic E-state index is 0.224. The average Bonchev–Trinajstić information content (AvgIpc) is 1.90. The summed E-state index contributed by atoms with van der Waals surface area (Å²) in [6.07, 6.45) is 0. The fourth-order valence-electron chi connectivity index (χ4n) is 0.760. The standard InChI is InChI=1S/C6H15NOS2/c8-4-1-7(2-5-9)3-6-10/h8-10H,1-6H2. The number of thiol groups is 2. The molecule has 0 aliphatic carbocycles. The summed E-state index contributed by atoms with van der Waals surface area (Å²) in [6, 6.07) is 0. The van der Waals surface area contributed by atoms with E-state index in [-0.39, 0.29) is 6.61 Å². The molecule has 0 amide bonds. The van der Waals surface area contributed by atoms with Crippen molar-refractivity contribution in [2.75, 3.05) is 37.7 Å². The second-order valence-electron chi connectivity index (χ2n) is 2.01. The van der Waals surface area contributed by atoms with E-state index in [9.17, 15) is 0 Å². The molecule has 0 bridgehead atoms. The number of aliphatic hydroxyl groups excluding tert-OH is 1. The highest BCUT2D eigenvalue weighted by Crippen LogP contribution is 1.89. The molecule has 1 N–H and O–H groups in total. The Hall–Kier alpha value is 0.620. The van der Waals surface area contributed by atoms with Gasteiger partial charge in [-0.25, -0.2) is 0 Å². The molecule has 0 unspecified atom stereocenters. The molecule has 0 saturated heterocycles. The summed E-state index contributed by atoms with van der Waals surface area (Å²) >= 11 is 8.19. The van der Waals surface area contributed by atoms with Crippen LogP contribution in [0.4, 0.5) is 0 Å². The Morgan fingerprint density at radius 3 is 1.80 bits per heavy atom. The Morgan fingerprint density at radius 1 is 1.00 bits per heavy atom. The van der Waals surface area contributed by atoms with E-state index >= 15 is 0 Å². The van der Waals surface area contributed by atoms with Crippen molar-refractivity contribution < 1.29 is 5.11 Å². The van der Waals surface area contributed by atoms with Crippen LogP contribution in [0, 0.1) is 0 Å². The van der Waals surface area contributed by atoms with E-state index in [4.69, 9.17) is 5.11 Å². The summed E-state index contributed by atoms with van der Waals surface area (Å²) in [5.41, 5.74) is 0. The van der Waals surface area contributed by atoms with Gasteiger partial charge in [-0.1, -0.05) is 0 Å². The largest absolute Gasteiger partial charge is 0.395 e. The highest BCUT2D eigenvalue weighted by Gasteiger charge is 1.99. The van der Waals surface area contributed by atoms with Crippen molar-refractivity contribution in [1.29, 1.82) is 0 Å². The second-order valence-corrected chi connectivity index (χ2v) is 2.91. The number of hydrogen-bond acceptors (Lipinski definition) is 4. The molecular formula is C6H15NOS2. The van der Waals surface area contributed by atoms with E-state index in [1.54, 1.807) is 0 Å². The van der Waals surface area contributed by atoms with Gasteiger partial charge in [0.15, 0.2) is 0 Å². The molecule has 0 radical (unpaired) electrons. The van der Waals surface area contributed by atoms with Crippen molar-refractivity contribution in [3.63, 3.8) is 0 Å². The zero-order valence-electron chi connectivity index (χ0n) is 6.03. The van der Waals surface area contributed by atoms with Gasteiger partial charge in [0.25, 0.3) is 0 Å². The van der Waals surface area contributed by atoms with Crippen LogP contribution in [0.1, 0.15) is 0 Å². The first-order chi connectivity index (χ1) is 4.85. The summed E-state index contributed by atoms with van der Waals surface area (Å²) in [5.74, 6) is 1.68. The van der Waals surface area contributed by atoms with E-state index in [1.807, 2.05) is 0 Å². The van der Waals surface area contributed by atoms with Crippen LogP contribution in [0.15, 0.2) is 0 Å². The van der Waals surface area contributed by atoms with Crippen molar-refractivity contribution >= 4 is 25.3 Å². The fraction of sp³-hybridized carbons (Fsp3) is 1.00. The molecule has 10 heavy (non-hydrogen) atoms. The molecule has 0 heterocycles. The lowest BCUT2D eigenvalue weighted by molar-refractivity contribution is 0.210. The monoisotopic (exact) mass is 181 g/mol. The third kappa shape index (κ3) is 5.41. The Labute approximate surface area is 73.4 Å². The third-order valence-electron chi connectivity index (χ3n) is 1.25. The van der Waals surface area contributed by atoms with E-state index < -0.39 is 0 Å². The van der Waals surface area contributed by atoms with E-state index in [0.29, 0.717) is 0 Å². The van der Waals surface area contributed by atoms with Gasteiger partial charge in [-0.05, 0) is 0 Å². The zero-order chi connectivity index (χ0) is 7.82. The first-order valence-electron chi connectivity index (χ1n) is 3.40. The Bertz CT molecular complexity index is 58.5. The molecular weight excluding hydrogens is 166 g/mol. The average molecular weight is 181 g/mol. The third-order valence-corrected chi connectivity index (χ3v) is 1.65. The number of aliphatic hydroxyl groups is 1. The molecule has 0 rings (SSSR count). The highest BCUT2D eigenvalue weighted by molar-refractivity contribution is 7.80. The summed E-state index contributed by atoms with van der Waals surface area (Å²) in [6.45, 7) is 2.83. The van der Waals surface area contributed by atoms with Crippen molar-refractivity contribution in [3.8, 4) is 0 Å². The van der Waals surface area contributed by atoms with Crippen LogP contribution >= 0.6 is 25.3 Å². The maximum absolute atomic E-state index is 8.60. The summed E-state index contributed by atoms with van der Waals surface area (Å²) in [7, 11) is 0. The molecule has 4 heteroatoms. The highest BCUT2D eigenvalue weighted by atomic mass is 32.1. The Kier molecular flexibility index (Phi) is 8.20. The van der Waals surface area contributed by atoms with Crippen molar-refractivity contribution in [2.24, 2.45) is 0 Å². The topological polar surface area (TPSA) is 23.5 Å². The van der Waals surface area contributed by atoms with Crippen molar-refractivity contribution in [3.05, 3.63) is 0 Å². The van der Waals surface area contributed by atoms with Gasteiger partial charge in [-0.15, -0.1) is 0 Å². The first-order valence-corrected chi connectivity index (χ1v) is 4.66. The van der Waals surface area contributed by atoms with E-state index in [1.165, 1.54) is 0 Å². The molecule has 0 aromatic heterocycles. The van der Waals surface area contributed by atoms with Crippen molar-refractivity contribution in [1.82, 2.24) is 4.90 Å². The quantitative estimate of drug-likeness (QED) is 0.508. The maximum atomic E-state index is 8.60. The lowest BCUT2D eigenvalue weighted by atomic mass is 10.5. The van der Waals surface area contributed by atoms with Crippen LogP contribution in [0.25, 0.3) is 0 Å². The van der Waals surface area contributed by atoms with Gasteiger partial charge < -0.3 is 5.11 Å². The Morgan fingerprint density at radius 2 is 1.50 bits per heavy atom. The number of rotatable bonds is 6. The fourth-order valence-corrected chi connectivity index (χ4v) is 1.33. The van der Waals surface area contributed by atoms with Gasteiger partial charge in [-0.2, -0.15) is 25.3 Å². The van der Waals surface area contributed by atoms with Crippen LogP contribution in [-0.2, 0) is 0 Å². The number of hydrogen-bond donors (Lipinski definition) is 3. The Balaban J connectivity index is 3.30. The van der Waals surface area contributed by atoms with Gasteiger partial charge in [-0.3, -0.25) is 4.90 Å². The van der Waals surface area contributed by atoms with E-state index in [0.717, 1.165) is 31.1 Å². The molecule has 0 fully saturated rings. The molecule has 0 aliphatic rings. The van der Waals surface area contributed by atoms with Crippen LogP contribution in [0.3, 0.4) is 0 Å². The normalized spacial score (nSPS) is 10.8. The predicted octanol–water partition coefficient (Wildman–Crippen LogP) is 0.140. The summed E-state index contributed by atoms with van der Waals surface area (Å²) in [5, 5.41) is 8.60. The summed E-state index contributed by atoms with van der Waals surface area (Å²) in [4.78, 5) is 2.14. The predicted molar refractivity (Wildman–Crippen MR) is 51.2 cm³/mol. The maximum Gasteiger partial charge on any atom is 0.0558 e. The molecule has 0 aromatic carbocycles. The van der Waals surface area contributed by atoms with Crippen LogP contribution in [0.2, 0.25) is 0 Å². The number of nitrogens with zero attached hydrogens (tertiary/aromatic N) is 1. The van der Waals surface area contributed by atoms with Gasteiger partial charge in [0.2, 0.25) is 0 Å². The lowest BCUT2D eigenvalue weighted by Gasteiger charge is -2.18. The molecule has 0 spiro atoms. The van der Waals surface area contributed by atoms with Gasteiger partial charge in [0.05, 0.1) is 6.61 Å². The van der Waals surface area contributed by atoms with Crippen LogP contribution in [-0.4, -0.2) is 47.8 Å². The molecule has 0 saturated carbocycles. The zero-order valence-corrected chi connectivity index (χ0v) is 7.82. The van der Waals surface area contributed by atoms with Crippen LogP contribution < -0.4 is 0 Å². The molecule has 0 aromatic rings. The van der Waals surface area contributed by atoms with Gasteiger partial charge in [0.1, 0.15) is 0 Å². The molecule has 0 aliphatic heterocycles. The minimum absolute atomic E-state index is 0.224. The first kappa shape index (κ1) is 10.6. The van der Waals surface area contributed by atoms with E-state index in [2.05, 4.69) is 30.2 Å². The van der Waals surface area contributed by atoms with Gasteiger partial charge >= 0.3 is 0 Å². The van der Waals surface area contributed by atoms with Gasteiger partial charge in [0, 0.05) is 31.1 Å². The summed E-state index contributed by atoms with van der Waals surface area (Å²) < 4.78 is 0. The minimum Gasteiger partial charge on any atom is -0.395 e. The second kappa shape index (κ2) is 7.72. The molecule has 62 valence electrons. The SMILES string of the molecule is OCCN(CCS)CCS. The lowest BCUT2D eigenvalue weighted by Crippen LogP contribution is -2.30.